The Morgan fingerprint density at radius 2 is 1.00 bits per heavy atom. The summed E-state index contributed by atoms with van der Waals surface area (Å²) >= 11 is 0. The molecule has 2 aliphatic rings. The molecule has 0 saturated carbocycles. The van der Waals surface area contributed by atoms with Gasteiger partial charge in [-0.1, -0.05) is 152 Å². The first-order valence-electron chi connectivity index (χ1n) is 16.3. The zero-order chi connectivity index (χ0) is 31.7. The molecule has 10 rings (SSSR count). The van der Waals surface area contributed by atoms with Gasteiger partial charge in [0, 0.05) is 33.2 Å². The van der Waals surface area contributed by atoms with Crippen molar-refractivity contribution in [2.75, 3.05) is 0 Å². The van der Waals surface area contributed by atoms with Crippen molar-refractivity contribution in [1.82, 2.24) is 9.97 Å². The third kappa shape index (κ3) is 3.76. The fourth-order valence-electron chi connectivity index (χ4n) is 7.95. The van der Waals surface area contributed by atoms with E-state index in [9.17, 15) is 0 Å². The van der Waals surface area contributed by atoms with Gasteiger partial charge < -0.3 is 4.74 Å². The van der Waals surface area contributed by atoms with Gasteiger partial charge in [-0.15, -0.1) is 0 Å². The Bertz CT molecular complexity index is 2510. The van der Waals surface area contributed by atoms with E-state index < -0.39 is 5.41 Å². The van der Waals surface area contributed by atoms with E-state index in [4.69, 9.17) is 14.7 Å². The second-order valence-electron chi connectivity index (χ2n) is 12.5. The molecule has 3 nitrogen and oxygen atoms in total. The average Bonchev–Trinajstić information content (AvgIpc) is 3.45. The van der Waals surface area contributed by atoms with E-state index in [1.165, 1.54) is 27.8 Å². The molecule has 1 aromatic heterocycles. The summed E-state index contributed by atoms with van der Waals surface area (Å²) < 4.78 is 6.95. The van der Waals surface area contributed by atoms with E-state index in [2.05, 4.69) is 146 Å². The van der Waals surface area contributed by atoms with Crippen LogP contribution < -0.4 is 4.74 Å². The first kappa shape index (κ1) is 26.9. The minimum absolute atomic E-state index is 0.502. The summed E-state index contributed by atoms with van der Waals surface area (Å²) in [6, 6.07) is 60.0. The minimum atomic E-state index is -0.502. The molecule has 0 radical (unpaired) electrons. The predicted octanol–water partition coefficient (Wildman–Crippen LogP) is 11.1. The Hall–Kier alpha value is -6.32. The monoisotopic (exact) mass is 612 g/mol. The molecule has 2 heterocycles. The van der Waals surface area contributed by atoms with Crippen LogP contribution in [0.25, 0.3) is 55.8 Å². The molecule has 1 aliphatic carbocycles. The minimum Gasteiger partial charge on any atom is -0.456 e. The van der Waals surface area contributed by atoms with Gasteiger partial charge in [0.15, 0.2) is 5.82 Å². The number of hydrogen-bond acceptors (Lipinski definition) is 3. The van der Waals surface area contributed by atoms with Crippen LogP contribution in [0.1, 0.15) is 22.3 Å². The van der Waals surface area contributed by atoms with Gasteiger partial charge in [0.2, 0.25) is 0 Å². The van der Waals surface area contributed by atoms with Crippen molar-refractivity contribution < 1.29 is 4.74 Å². The van der Waals surface area contributed by atoms with Gasteiger partial charge in [-0.2, -0.15) is 0 Å². The predicted molar refractivity (Wildman–Crippen MR) is 193 cm³/mol. The molecule has 0 unspecified atom stereocenters. The van der Waals surface area contributed by atoms with E-state index in [0.29, 0.717) is 5.82 Å². The van der Waals surface area contributed by atoms with E-state index in [1.54, 1.807) is 0 Å². The quantitative estimate of drug-likeness (QED) is 0.199. The van der Waals surface area contributed by atoms with E-state index >= 15 is 0 Å². The molecule has 48 heavy (non-hydrogen) atoms. The van der Waals surface area contributed by atoms with Gasteiger partial charge in [0.25, 0.3) is 0 Å². The number of aromatic nitrogens is 2. The average molecular weight is 613 g/mol. The Morgan fingerprint density at radius 1 is 0.417 bits per heavy atom. The molecule has 224 valence electrons. The van der Waals surface area contributed by atoms with E-state index in [1.807, 2.05) is 24.3 Å². The standard InChI is InChI=1S/C45H28N2O/c1-2-14-29(15-3-1)44-46-40-26-10-6-20-35(40)42(47-44)31-17-12-16-30(28-31)32-21-13-25-39-43(32)48-41-27-11-9-24-38(41)45(39)36-22-7-4-18-33(36)34-19-5-8-23-37(34)45/h1-28H. The maximum atomic E-state index is 6.95. The largest absolute Gasteiger partial charge is 0.456 e. The number of ether oxygens (including phenoxy) is 1. The summed E-state index contributed by atoms with van der Waals surface area (Å²) in [6.45, 7) is 0. The van der Waals surface area contributed by atoms with Gasteiger partial charge >= 0.3 is 0 Å². The normalized spacial score (nSPS) is 13.3. The van der Waals surface area contributed by atoms with Crippen LogP contribution in [0, 0.1) is 0 Å². The molecule has 0 saturated heterocycles. The number of fused-ring (bicyclic) bond motifs is 10. The summed E-state index contributed by atoms with van der Waals surface area (Å²) in [7, 11) is 0. The van der Waals surface area contributed by atoms with E-state index in [-0.39, 0.29) is 0 Å². The molecular weight excluding hydrogens is 585 g/mol. The maximum Gasteiger partial charge on any atom is 0.160 e. The lowest BCUT2D eigenvalue weighted by Crippen LogP contribution is -2.32. The third-order valence-corrected chi connectivity index (χ3v) is 9.96. The van der Waals surface area contributed by atoms with Crippen molar-refractivity contribution in [2.24, 2.45) is 0 Å². The van der Waals surface area contributed by atoms with Crippen molar-refractivity contribution >= 4 is 10.9 Å². The second kappa shape index (κ2) is 10.3. The topological polar surface area (TPSA) is 35.0 Å². The highest BCUT2D eigenvalue weighted by Crippen LogP contribution is 2.63. The third-order valence-electron chi connectivity index (χ3n) is 9.96. The zero-order valence-electron chi connectivity index (χ0n) is 26.0. The molecule has 7 aromatic carbocycles. The van der Waals surface area contributed by atoms with Crippen LogP contribution >= 0.6 is 0 Å². The molecule has 0 amide bonds. The van der Waals surface area contributed by atoms with Crippen LogP contribution in [0.2, 0.25) is 0 Å². The fraction of sp³-hybridized carbons (Fsp3) is 0.0222. The van der Waals surface area contributed by atoms with Crippen molar-refractivity contribution in [3.05, 3.63) is 192 Å². The number of hydrogen-bond donors (Lipinski definition) is 0. The van der Waals surface area contributed by atoms with Gasteiger partial charge in [0.05, 0.1) is 16.6 Å². The van der Waals surface area contributed by atoms with Crippen LogP contribution in [0.3, 0.4) is 0 Å². The van der Waals surface area contributed by atoms with E-state index in [0.717, 1.165) is 55.9 Å². The Labute approximate surface area is 278 Å². The first-order chi connectivity index (χ1) is 23.8. The van der Waals surface area contributed by atoms with Crippen molar-refractivity contribution in [3.63, 3.8) is 0 Å². The molecule has 0 N–H and O–H groups in total. The highest BCUT2D eigenvalue weighted by Gasteiger charge is 2.51. The highest BCUT2D eigenvalue weighted by molar-refractivity contribution is 5.95. The molecule has 0 fully saturated rings. The van der Waals surface area contributed by atoms with Crippen LogP contribution in [0.15, 0.2) is 170 Å². The smallest absolute Gasteiger partial charge is 0.160 e. The second-order valence-corrected chi connectivity index (χ2v) is 12.5. The summed E-state index contributed by atoms with van der Waals surface area (Å²) in [6.07, 6.45) is 0. The fourth-order valence-corrected chi connectivity index (χ4v) is 7.95. The lowest BCUT2D eigenvalue weighted by molar-refractivity contribution is 0.438. The summed E-state index contributed by atoms with van der Waals surface area (Å²) in [5.74, 6) is 2.49. The molecular formula is C45H28N2O. The van der Waals surface area contributed by atoms with Gasteiger partial charge in [-0.25, -0.2) is 9.97 Å². The molecule has 8 aromatic rings. The molecule has 1 aliphatic heterocycles. The van der Waals surface area contributed by atoms with Gasteiger partial charge in [0.1, 0.15) is 11.5 Å². The van der Waals surface area contributed by atoms with Gasteiger partial charge in [-0.05, 0) is 46.0 Å². The van der Waals surface area contributed by atoms with Gasteiger partial charge in [-0.3, -0.25) is 0 Å². The van der Waals surface area contributed by atoms with Crippen LogP contribution in [0.5, 0.6) is 11.5 Å². The Kier molecular flexibility index (Phi) is 5.79. The number of rotatable bonds is 3. The number of benzene rings is 7. The first-order valence-corrected chi connectivity index (χ1v) is 16.3. The number of para-hydroxylation sites is 3. The molecule has 1 spiro atoms. The maximum absolute atomic E-state index is 6.95. The summed E-state index contributed by atoms with van der Waals surface area (Å²) in [5, 5.41) is 1.02. The SMILES string of the molecule is c1ccc(-c2nc(-c3cccc(-c4cccc5c4Oc4ccccc4C54c5ccccc5-c5ccccc54)c3)c3ccccc3n2)cc1. The summed E-state index contributed by atoms with van der Waals surface area (Å²) in [4.78, 5) is 10.1. The molecule has 3 heteroatoms. The highest BCUT2D eigenvalue weighted by atomic mass is 16.5. The lowest BCUT2D eigenvalue weighted by atomic mass is 9.65. The summed E-state index contributed by atoms with van der Waals surface area (Å²) in [5.41, 5.74) is 12.9. The Balaban J connectivity index is 1.21. The lowest BCUT2D eigenvalue weighted by Gasteiger charge is -2.40. The molecule has 0 atom stereocenters. The van der Waals surface area contributed by atoms with Crippen LogP contribution in [0.4, 0.5) is 0 Å². The zero-order valence-corrected chi connectivity index (χ0v) is 26.0. The molecule has 0 bridgehead atoms. The van der Waals surface area contributed by atoms with Crippen LogP contribution in [-0.2, 0) is 5.41 Å². The van der Waals surface area contributed by atoms with Crippen molar-refractivity contribution in [1.29, 1.82) is 0 Å². The van der Waals surface area contributed by atoms with Crippen molar-refractivity contribution in [3.8, 4) is 56.4 Å². The van der Waals surface area contributed by atoms with Crippen molar-refractivity contribution in [2.45, 2.75) is 5.41 Å². The number of nitrogens with zero attached hydrogens (tertiary/aromatic N) is 2. The Morgan fingerprint density at radius 3 is 1.81 bits per heavy atom. The van der Waals surface area contributed by atoms with Crippen LogP contribution in [-0.4, -0.2) is 9.97 Å².